The molecule has 1 saturated heterocycles. The number of carbonyl (C=O) groups excluding carboxylic acids is 2. The van der Waals surface area contributed by atoms with Crippen LogP contribution in [0.15, 0.2) is 36.4 Å². The number of ether oxygens (including phenoxy) is 3. The predicted molar refractivity (Wildman–Crippen MR) is 157 cm³/mol. The quantitative estimate of drug-likeness (QED) is 0.150. The lowest BCUT2D eigenvalue weighted by Crippen LogP contribution is -2.54. The van der Waals surface area contributed by atoms with Crippen molar-refractivity contribution < 1.29 is 55.2 Å². The first-order valence-corrected chi connectivity index (χ1v) is 15.2. The largest absolute Gasteiger partial charge is 0.493 e. The van der Waals surface area contributed by atoms with Gasteiger partial charge in [0, 0.05) is 24.1 Å². The number of hydrogen-bond donors (Lipinski definition) is 1. The van der Waals surface area contributed by atoms with E-state index in [9.17, 15) is 41.0 Å². The van der Waals surface area contributed by atoms with E-state index in [1.165, 1.54) is 17.1 Å². The van der Waals surface area contributed by atoms with Gasteiger partial charge in [0.15, 0.2) is 11.5 Å². The number of benzene rings is 2. The van der Waals surface area contributed by atoms with Gasteiger partial charge in [0.1, 0.15) is 19.0 Å². The molecule has 2 aromatic carbocycles. The Balaban J connectivity index is 1.48. The number of fused-ring (bicyclic) bond motifs is 1. The van der Waals surface area contributed by atoms with Crippen LogP contribution in [0.1, 0.15) is 75.1 Å². The van der Waals surface area contributed by atoms with Gasteiger partial charge in [0.05, 0.1) is 12.0 Å². The number of imide groups is 1. The van der Waals surface area contributed by atoms with Gasteiger partial charge in [-0.1, -0.05) is 38.5 Å². The van der Waals surface area contributed by atoms with Gasteiger partial charge in [-0.3, -0.25) is 14.5 Å². The predicted octanol–water partition coefficient (Wildman–Crippen LogP) is 7.02. The summed E-state index contributed by atoms with van der Waals surface area (Å²) in [6.07, 6.45) is -7.75. The molecule has 2 aliphatic heterocycles. The van der Waals surface area contributed by atoms with Gasteiger partial charge < -0.3 is 19.3 Å². The monoisotopic (exact) mass is 657 g/mol. The highest BCUT2D eigenvalue weighted by Gasteiger charge is 2.71. The average molecular weight is 658 g/mol. The summed E-state index contributed by atoms with van der Waals surface area (Å²) >= 11 is 0. The molecule has 0 radical (unpaired) electrons. The molecule has 0 bridgehead atoms. The van der Waals surface area contributed by atoms with Crippen molar-refractivity contribution in [3.8, 4) is 17.2 Å². The molecule has 0 aromatic heterocycles. The summed E-state index contributed by atoms with van der Waals surface area (Å²) in [5.74, 6) is 0.547. The van der Waals surface area contributed by atoms with Gasteiger partial charge in [-0.25, -0.2) is 0 Å². The summed E-state index contributed by atoms with van der Waals surface area (Å²) in [5.41, 5.74) is -6.77. The van der Waals surface area contributed by atoms with Gasteiger partial charge in [-0.2, -0.15) is 26.3 Å². The van der Waals surface area contributed by atoms with Crippen LogP contribution in [0.5, 0.6) is 17.2 Å². The minimum Gasteiger partial charge on any atom is -0.493 e. The highest BCUT2D eigenvalue weighted by Crippen LogP contribution is 2.51. The maximum Gasteiger partial charge on any atom is 0.430 e. The summed E-state index contributed by atoms with van der Waals surface area (Å²) in [6.45, 7) is 6.01. The van der Waals surface area contributed by atoms with E-state index in [4.69, 9.17) is 14.2 Å². The van der Waals surface area contributed by atoms with Gasteiger partial charge >= 0.3 is 12.4 Å². The van der Waals surface area contributed by atoms with Crippen molar-refractivity contribution in [3.63, 3.8) is 0 Å². The fraction of sp³-hybridized carbons (Fsp3) is 0.515. The van der Waals surface area contributed by atoms with Crippen molar-refractivity contribution in [3.05, 3.63) is 58.7 Å². The van der Waals surface area contributed by atoms with Crippen LogP contribution < -0.4 is 14.2 Å². The van der Waals surface area contributed by atoms with E-state index in [0.717, 1.165) is 0 Å². The molecule has 4 rings (SSSR count). The Morgan fingerprint density at radius 2 is 1.65 bits per heavy atom. The second kappa shape index (κ2) is 13.5. The van der Waals surface area contributed by atoms with Gasteiger partial charge in [-0.15, -0.1) is 0 Å². The number of likely N-dealkylation sites (tertiary alicyclic amines) is 1. The number of halogens is 6. The zero-order chi connectivity index (χ0) is 33.9. The number of nitrogens with zero attached hydrogens (tertiary/aromatic N) is 1. The summed E-state index contributed by atoms with van der Waals surface area (Å²) in [6, 6.07) is 6.57. The topological polar surface area (TPSA) is 85.3 Å². The van der Waals surface area contributed by atoms with Crippen LogP contribution in [-0.4, -0.2) is 60.5 Å². The molecule has 2 heterocycles. The first-order chi connectivity index (χ1) is 21.6. The number of unbranched alkanes of at least 4 members (excludes halogenated alkanes) is 1. The summed E-state index contributed by atoms with van der Waals surface area (Å²) in [5, 5.41) is 10.0. The molecular formula is C33H37F6NO6. The molecule has 252 valence electrons. The van der Waals surface area contributed by atoms with E-state index in [0.29, 0.717) is 68.1 Å². The lowest BCUT2D eigenvalue weighted by molar-refractivity contribution is -0.376. The number of alkyl halides is 6. The van der Waals surface area contributed by atoms with Crippen LogP contribution in [0.25, 0.3) is 6.08 Å². The Labute approximate surface area is 263 Å². The maximum absolute atomic E-state index is 13.6. The van der Waals surface area contributed by atoms with Crippen molar-refractivity contribution in [1.29, 1.82) is 0 Å². The number of hydrogen-bond acceptors (Lipinski definition) is 6. The van der Waals surface area contributed by atoms with Crippen LogP contribution in [0.4, 0.5) is 26.3 Å². The first kappa shape index (κ1) is 35.1. The minimum absolute atomic E-state index is 0.000115. The lowest BCUT2D eigenvalue weighted by atomic mass is 9.76. The minimum atomic E-state index is -6.02. The van der Waals surface area contributed by atoms with Crippen LogP contribution in [-0.2, 0) is 27.0 Å². The molecule has 1 N–H and O–H groups in total. The molecule has 2 aliphatic rings. The molecule has 2 amide bonds. The summed E-state index contributed by atoms with van der Waals surface area (Å²) in [7, 11) is 0. The fourth-order valence-corrected chi connectivity index (χ4v) is 5.96. The molecule has 13 heteroatoms. The second-order valence-corrected chi connectivity index (χ2v) is 11.4. The molecule has 7 nitrogen and oxygen atoms in total. The van der Waals surface area contributed by atoms with Gasteiger partial charge in [0.2, 0.25) is 11.8 Å². The van der Waals surface area contributed by atoms with E-state index < -0.39 is 28.9 Å². The smallest absolute Gasteiger partial charge is 0.430 e. The zero-order valence-electron chi connectivity index (χ0n) is 25.8. The maximum atomic E-state index is 13.6. The molecule has 46 heavy (non-hydrogen) atoms. The van der Waals surface area contributed by atoms with E-state index >= 15 is 0 Å². The number of aliphatic hydroxyl groups is 1. The average Bonchev–Trinajstić information content (AvgIpc) is 3.25. The molecular weight excluding hydrogens is 620 g/mol. The van der Waals surface area contributed by atoms with Crippen LogP contribution in [0, 0.1) is 0 Å². The fourth-order valence-electron chi connectivity index (χ4n) is 5.96. The summed E-state index contributed by atoms with van der Waals surface area (Å²) < 4.78 is 99.0. The molecule has 1 atom stereocenters. The third-order valence-electron chi connectivity index (χ3n) is 8.43. The van der Waals surface area contributed by atoms with Gasteiger partial charge in [-0.05, 0) is 68.0 Å². The van der Waals surface area contributed by atoms with E-state index in [1.54, 1.807) is 32.0 Å². The second-order valence-electron chi connectivity index (χ2n) is 11.4. The highest BCUT2D eigenvalue weighted by atomic mass is 19.4. The van der Waals surface area contributed by atoms with E-state index in [2.05, 4.69) is 0 Å². The van der Waals surface area contributed by atoms with Crippen molar-refractivity contribution >= 4 is 17.9 Å². The SMILES string of the molecule is C/C=C/c1cc(C(O)(C(F)(F)F)C(F)(F)F)cc(CCC)c1OCCCCN1C(=O)CC(CC)(c2ccc3c(c2)OCCO3)C1=O. The van der Waals surface area contributed by atoms with Crippen LogP contribution in [0.2, 0.25) is 0 Å². The third kappa shape index (κ3) is 6.43. The number of allylic oxidation sites excluding steroid dienone is 1. The standard InChI is InChI=1S/C33H37F6NO6/c1-4-9-21-17-24(31(43,32(34,35)36)33(37,38)39)18-22(10-5-2)28(21)46-14-8-7-13-40-27(41)20-30(6-3,29(40)42)23-11-12-25-26(19-23)45-16-15-44-25/h4,9,11-12,17-19,43H,5-8,10,13-16,20H2,1-3H3/b9-4+. The number of rotatable bonds is 12. The molecule has 1 unspecified atom stereocenters. The molecule has 0 aliphatic carbocycles. The Bertz CT molecular complexity index is 1460. The lowest BCUT2D eigenvalue weighted by Gasteiger charge is -2.33. The van der Waals surface area contributed by atoms with Crippen molar-refractivity contribution in [2.75, 3.05) is 26.4 Å². The van der Waals surface area contributed by atoms with Crippen molar-refractivity contribution in [1.82, 2.24) is 4.90 Å². The van der Waals surface area contributed by atoms with Crippen molar-refractivity contribution in [2.24, 2.45) is 0 Å². The third-order valence-corrected chi connectivity index (χ3v) is 8.43. The Hall–Kier alpha value is -3.74. The van der Waals surface area contributed by atoms with Crippen LogP contribution in [0.3, 0.4) is 0 Å². The Morgan fingerprint density at radius 1 is 0.978 bits per heavy atom. The summed E-state index contributed by atoms with van der Waals surface area (Å²) in [4.78, 5) is 27.9. The zero-order valence-corrected chi connectivity index (χ0v) is 25.8. The molecule has 0 spiro atoms. The van der Waals surface area contributed by atoms with E-state index in [1.807, 2.05) is 6.92 Å². The van der Waals surface area contributed by atoms with E-state index in [-0.39, 0.29) is 54.7 Å². The molecule has 0 saturated carbocycles. The van der Waals surface area contributed by atoms with Crippen molar-refractivity contribution in [2.45, 2.75) is 82.7 Å². The molecule has 2 aromatic rings. The normalized spacial score (nSPS) is 19.0. The first-order valence-electron chi connectivity index (χ1n) is 15.2. The number of aryl methyl sites for hydroxylation is 1. The Morgan fingerprint density at radius 3 is 2.26 bits per heavy atom. The van der Waals surface area contributed by atoms with Crippen LogP contribution >= 0.6 is 0 Å². The number of carbonyl (C=O) groups is 2. The highest BCUT2D eigenvalue weighted by molar-refractivity contribution is 6.09. The number of amides is 2. The molecule has 1 fully saturated rings. The Kier molecular flexibility index (Phi) is 10.3. The van der Waals surface area contributed by atoms with Gasteiger partial charge in [0.25, 0.3) is 5.60 Å².